The molecule has 2 aromatic heterocycles. The van der Waals surface area contributed by atoms with Crippen molar-refractivity contribution in [1.82, 2.24) is 9.97 Å². The van der Waals surface area contributed by atoms with Crippen LogP contribution in [0.2, 0.25) is 0 Å². The summed E-state index contributed by atoms with van der Waals surface area (Å²) in [4.78, 5) is 9.14. The van der Waals surface area contributed by atoms with Gasteiger partial charge in [0.2, 0.25) is 0 Å². The molecule has 0 spiro atoms. The summed E-state index contributed by atoms with van der Waals surface area (Å²) in [5, 5.41) is 2.73. The van der Waals surface area contributed by atoms with Gasteiger partial charge in [-0.2, -0.15) is 0 Å². The van der Waals surface area contributed by atoms with E-state index in [4.69, 9.17) is 0 Å². The maximum atomic E-state index is 4.57. The minimum atomic E-state index is 0.0869. The summed E-state index contributed by atoms with van der Waals surface area (Å²) in [6.45, 7) is 6.90. The van der Waals surface area contributed by atoms with Crippen LogP contribution in [0.1, 0.15) is 66.0 Å². The highest BCUT2D eigenvalue weighted by molar-refractivity contribution is 6.02. The van der Waals surface area contributed by atoms with Gasteiger partial charge in [0.05, 0.1) is 11.4 Å². The van der Waals surface area contributed by atoms with Crippen molar-refractivity contribution >= 4 is 22.4 Å². The molecule has 0 N–H and O–H groups in total. The molecule has 2 unspecified atom stereocenters. The van der Waals surface area contributed by atoms with Crippen LogP contribution in [0.4, 0.5) is 0 Å². The molecule has 2 aliphatic carbocycles. The smallest absolute Gasteiger partial charge is 0.0701 e. The van der Waals surface area contributed by atoms with Crippen LogP contribution >= 0.6 is 0 Å². The zero-order chi connectivity index (χ0) is 29.8. The van der Waals surface area contributed by atoms with Gasteiger partial charge in [-0.1, -0.05) is 124 Å². The van der Waals surface area contributed by atoms with Crippen LogP contribution in [0.15, 0.2) is 134 Å². The molecule has 0 saturated carbocycles. The first-order valence-electron chi connectivity index (χ1n) is 15.5. The minimum Gasteiger partial charge on any atom is -0.256 e. The lowest BCUT2D eigenvalue weighted by atomic mass is 9.68. The van der Waals surface area contributed by atoms with E-state index in [0.29, 0.717) is 0 Å². The summed E-state index contributed by atoms with van der Waals surface area (Å²) in [7, 11) is 0. The van der Waals surface area contributed by atoms with Crippen molar-refractivity contribution in [2.45, 2.75) is 38.0 Å². The molecular weight excluding hydrogens is 532 g/mol. The van der Waals surface area contributed by atoms with Crippen molar-refractivity contribution in [3.05, 3.63) is 167 Å². The summed E-state index contributed by atoms with van der Waals surface area (Å²) in [5.74, 6) is 0.474. The SMILES string of the molecule is CC(C)(C)c1cc2c3c4c(ccc3c1)C(c1ccc(-c3ccccn3)cc1)=CC(c1ccc(-c3ccccn3)cc1)C4C=C2. The van der Waals surface area contributed by atoms with Crippen molar-refractivity contribution in [3.63, 3.8) is 0 Å². The molecule has 0 radical (unpaired) electrons. The Hall–Kier alpha value is -5.08. The Morgan fingerprint density at radius 3 is 1.86 bits per heavy atom. The Balaban J connectivity index is 1.29. The van der Waals surface area contributed by atoms with Crippen molar-refractivity contribution in [2.75, 3.05) is 0 Å². The third-order valence-electron chi connectivity index (χ3n) is 9.31. The quantitative estimate of drug-likeness (QED) is 0.212. The largest absolute Gasteiger partial charge is 0.256 e. The predicted molar refractivity (Wildman–Crippen MR) is 184 cm³/mol. The van der Waals surface area contributed by atoms with Gasteiger partial charge in [0.25, 0.3) is 0 Å². The fraction of sp³-hybridized carbons (Fsp3) is 0.143. The van der Waals surface area contributed by atoms with Gasteiger partial charge in [-0.25, -0.2) is 0 Å². The van der Waals surface area contributed by atoms with E-state index >= 15 is 0 Å². The average molecular weight is 567 g/mol. The lowest BCUT2D eigenvalue weighted by Crippen LogP contribution is -2.18. The maximum Gasteiger partial charge on any atom is 0.0701 e. The zero-order valence-electron chi connectivity index (χ0n) is 25.3. The molecule has 8 rings (SSSR count). The summed E-state index contributed by atoms with van der Waals surface area (Å²) >= 11 is 0. The monoisotopic (exact) mass is 566 g/mol. The van der Waals surface area contributed by atoms with Crippen LogP contribution in [0.25, 0.3) is 44.9 Å². The van der Waals surface area contributed by atoms with E-state index in [1.54, 1.807) is 0 Å². The molecule has 0 saturated heterocycles. The highest BCUT2D eigenvalue weighted by Crippen LogP contribution is 2.52. The number of hydrogen-bond donors (Lipinski definition) is 0. The minimum absolute atomic E-state index is 0.0869. The third kappa shape index (κ3) is 4.50. The average Bonchev–Trinajstić information content (AvgIpc) is 3.07. The highest BCUT2D eigenvalue weighted by Gasteiger charge is 2.34. The standard InChI is InChI=1S/C42H34N2/c1-42(2,3)33-24-31-18-20-34-36(27-10-14-29(15-11-27)38-8-4-6-22-43-38)26-37(35-21-19-32(25-33)40(31)41(34)35)28-12-16-30(17-13-28)39-9-5-7-23-44-39/h4-26,34,36H,1-3H3. The van der Waals surface area contributed by atoms with E-state index in [1.807, 2.05) is 36.7 Å². The Labute approximate surface area is 259 Å². The molecule has 4 aromatic carbocycles. The van der Waals surface area contributed by atoms with Crippen LogP contribution in [0, 0.1) is 0 Å². The summed E-state index contributed by atoms with van der Waals surface area (Å²) < 4.78 is 0. The van der Waals surface area contributed by atoms with Crippen LogP contribution in [0.3, 0.4) is 0 Å². The second kappa shape index (κ2) is 10.3. The molecule has 6 aromatic rings. The molecule has 0 amide bonds. The Morgan fingerprint density at radius 2 is 1.25 bits per heavy atom. The summed E-state index contributed by atoms with van der Waals surface area (Å²) in [6, 6.07) is 39.6. The Morgan fingerprint density at radius 1 is 0.614 bits per heavy atom. The molecule has 2 heteroatoms. The highest BCUT2D eigenvalue weighted by atomic mass is 14.7. The molecule has 0 fully saturated rings. The van der Waals surface area contributed by atoms with Gasteiger partial charge in [-0.05, 0) is 79.4 Å². The molecule has 0 aliphatic heterocycles. The van der Waals surface area contributed by atoms with Crippen molar-refractivity contribution in [1.29, 1.82) is 0 Å². The van der Waals surface area contributed by atoms with E-state index in [-0.39, 0.29) is 17.3 Å². The molecule has 0 bridgehead atoms. The fourth-order valence-electron chi connectivity index (χ4n) is 6.97. The maximum absolute atomic E-state index is 4.57. The van der Waals surface area contributed by atoms with Crippen LogP contribution in [0.5, 0.6) is 0 Å². The second-order valence-electron chi connectivity index (χ2n) is 13.1. The predicted octanol–water partition coefficient (Wildman–Crippen LogP) is 10.6. The van der Waals surface area contributed by atoms with Gasteiger partial charge < -0.3 is 0 Å². The Bertz CT molecular complexity index is 2060. The van der Waals surface area contributed by atoms with E-state index in [1.165, 1.54) is 49.7 Å². The third-order valence-corrected chi connectivity index (χ3v) is 9.31. The number of benzene rings is 4. The molecule has 2 atom stereocenters. The first-order chi connectivity index (χ1) is 21.4. The number of hydrogen-bond acceptors (Lipinski definition) is 2. The first kappa shape index (κ1) is 26.5. The number of pyridine rings is 2. The lowest BCUT2D eigenvalue weighted by molar-refractivity contribution is 0.591. The topological polar surface area (TPSA) is 25.8 Å². The van der Waals surface area contributed by atoms with Gasteiger partial charge in [-0.15, -0.1) is 0 Å². The number of rotatable bonds is 4. The van der Waals surface area contributed by atoms with E-state index in [0.717, 1.165) is 22.5 Å². The summed E-state index contributed by atoms with van der Waals surface area (Å²) in [6.07, 6.45) is 11.0. The molecular formula is C42H34N2. The van der Waals surface area contributed by atoms with Gasteiger partial charge in [0.15, 0.2) is 0 Å². The number of allylic oxidation sites excluding steroid dienone is 2. The zero-order valence-corrected chi connectivity index (χ0v) is 25.3. The van der Waals surface area contributed by atoms with Crippen LogP contribution in [-0.2, 0) is 5.41 Å². The van der Waals surface area contributed by atoms with Crippen LogP contribution < -0.4 is 0 Å². The summed E-state index contributed by atoms with van der Waals surface area (Å²) in [5.41, 5.74) is 13.7. The van der Waals surface area contributed by atoms with Gasteiger partial charge in [0.1, 0.15) is 0 Å². The van der Waals surface area contributed by atoms with E-state index in [2.05, 4.69) is 134 Å². The van der Waals surface area contributed by atoms with Crippen molar-refractivity contribution in [3.8, 4) is 22.5 Å². The van der Waals surface area contributed by atoms with Gasteiger partial charge in [-0.3, -0.25) is 9.97 Å². The molecule has 2 aliphatic rings. The van der Waals surface area contributed by atoms with Gasteiger partial charge in [0, 0.05) is 35.4 Å². The number of nitrogens with zero attached hydrogens (tertiary/aromatic N) is 2. The molecule has 44 heavy (non-hydrogen) atoms. The van der Waals surface area contributed by atoms with E-state index < -0.39 is 0 Å². The number of aromatic nitrogens is 2. The first-order valence-corrected chi connectivity index (χ1v) is 15.5. The van der Waals surface area contributed by atoms with Crippen molar-refractivity contribution < 1.29 is 0 Å². The second-order valence-corrected chi connectivity index (χ2v) is 13.1. The molecule has 2 heterocycles. The molecule has 2 nitrogen and oxygen atoms in total. The van der Waals surface area contributed by atoms with E-state index in [9.17, 15) is 0 Å². The molecule has 212 valence electrons. The van der Waals surface area contributed by atoms with Crippen LogP contribution in [-0.4, -0.2) is 9.97 Å². The normalized spacial score (nSPS) is 17.0. The fourth-order valence-corrected chi connectivity index (χ4v) is 6.97. The lowest BCUT2D eigenvalue weighted by Gasteiger charge is -2.35. The van der Waals surface area contributed by atoms with Crippen molar-refractivity contribution in [2.24, 2.45) is 0 Å². The Kier molecular flexibility index (Phi) is 6.20. The van der Waals surface area contributed by atoms with Gasteiger partial charge >= 0.3 is 0 Å².